The minimum Gasteiger partial charge on any atom is -0.289 e. The van der Waals surface area contributed by atoms with Gasteiger partial charge in [0.1, 0.15) is 0 Å². The van der Waals surface area contributed by atoms with Gasteiger partial charge in [-0.3, -0.25) is 14.5 Å². The lowest BCUT2D eigenvalue weighted by Gasteiger charge is -2.19. The number of hydrogen-bond acceptors (Lipinski definition) is 5. The van der Waals surface area contributed by atoms with E-state index in [4.69, 9.17) is 5.26 Å². The van der Waals surface area contributed by atoms with Gasteiger partial charge in [0.15, 0.2) is 5.13 Å². The summed E-state index contributed by atoms with van der Waals surface area (Å²) in [4.78, 5) is 29.9. The number of aromatic nitrogens is 1. The lowest BCUT2D eigenvalue weighted by Crippen LogP contribution is -2.35. The van der Waals surface area contributed by atoms with Crippen molar-refractivity contribution in [3.8, 4) is 17.3 Å². The summed E-state index contributed by atoms with van der Waals surface area (Å²) in [7, 11) is 0. The molecule has 2 aliphatic rings. The Morgan fingerprint density at radius 2 is 1.95 bits per heavy atom. The number of nitriles is 1. The number of carbonyl (C=O) groups excluding carboxylic acids is 2. The second-order valence-corrected chi connectivity index (χ2v) is 6.51. The highest BCUT2D eigenvalue weighted by atomic mass is 32.1. The molecule has 0 radical (unpaired) electrons. The summed E-state index contributed by atoms with van der Waals surface area (Å²) in [5.41, 5.74) is 1.95. The number of thiazole rings is 1. The summed E-state index contributed by atoms with van der Waals surface area (Å²) in [6.45, 7) is 0. The topological polar surface area (TPSA) is 74.1 Å². The molecular weight excluding hydrogens is 298 g/mol. The van der Waals surface area contributed by atoms with Gasteiger partial charge in [-0.05, 0) is 25.0 Å². The quantitative estimate of drug-likeness (QED) is 0.799. The predicted octanol–water partition coefficient (Wildman–Crippen LogP) is 2.52. The van der Waals surface area contributed by atoms with Crippen molar-refractivity contribution < 1.29 is 9.59 Å². The molecule has 1 aliphatic heterocycles. The first kappa shape index (κ1) is 13.2. The summed E-state index contributed by atoms with van der Waals surface area (Å²) in [5, 5.41) is 11.3. The van der Waals surface area contributed by atoms with Gasteiger partial charge in [-0.1, -0.05) is 12.1 Å². The molecule has 0 atom stereocenters. The first-order chi connectivity index (χ1) is 10.6. The van der Waals surface area contributed by atoms with Gasteiger partial charge in [-0.25, -0.2) is 4.98 Å². The molecule has 1 saturated heterocycles. The van der Waals surface area contributed by atoms with E-state index in [0.29, 0.717) is 17.1 Å². The average molecular weight is 309 g/mol. The van der Waals surface area contributed by atoms with Gasteiger partial charge in [-0.15, -0.1) is 11.3 Å². The third-order valence-electron chi connectivity index (χ3n) is 4.23. The highest BCUT2D eigenvalue weighted by molar-refractivity contribution is 7.14. The van der Waals surface area contributed by atoms with E-state index in [1.807, 2.05) is 17.5 Å². The number of carbonyl (C=O) groups is 2. The third kappa shape index (κ3) is 1.86. The Labute approximate surface area is 130 Å². The van der Waals surface area contributed by atoms with Crippen LogP contribution in [-0.2, 0) is 9.59 Å². The van der Waals surface area contributed by atoms with Gasteiger partial charge in [-0.2, -0.15) is 5.26 Å². The van der Waals surface area contributed by atoms with E-state index < -0.39 is 5.91 Å². The molecule has 108 valence electrons. The molecule has 1 amide bonds. The summed E-state index contributed by atoms with van der Waals surface area (Å²) >= 11 is 1.38. The SMILES string of the molecule is N#Cc1ccc(-c2csc(N3C(=O)C(=O)CC34CC4)n2)cc1. The number of hydrogen-bond donors (Lipinski definition) is 0. The Bertz CT molecular complexity index is 828. The van der Waals surface area contributed by atoms with Crippen molar-refractivity contribution in [3.63, 3.8) is 0 Å². The monoisotopic (exact) mass is 309 g/mol. The Kier molecular flexibility index (Phi) is 2.68. The first-order valence-corrected chi connectivity index (χ1v) is 7.84. The van der Waals surface area contributed by atoms with E-state index in [2.05, 4.69) is 11.1 Å². The average Bonchev–Trinajstić information content (AvgIpc) is 3.04. The summed E-state index contributed by atoms with van der Waals surface area (Å²) < 4.78 is 0. The van der Waals surface area contributed by atoms with Crippen molar-refractivity contribution in [2.45, 2.75) is 24.8 Å². The van der Waals surface area contributed by atoms with E-state index >= 15 is 0 Å². The van der Waals surface area contributed by atoms with Crippen molar-refractivity contribution in [3.05, 3.63) is 35.2 Å². The molecule has 2 fully saturated rings. The maximum atomic E-state index is 12.1. The number of nitrogens with zero attached hydrogens (tertiary/aromatic N) is 3. The van der Waals surface area contributed by atoms with Crippen LogP contribution in [0, 0.1) is 11.3 Å². The molecule has 1 saturated carbocycles. The molecule has 1 aromatic carbocycles. The molecule has 0 unspecified atom stereocenters. The summed E-state index contributed by atoms with van der Waals surface area (Å²) in [6, 6.07) is 9.22. The van der Waals surface area contributed by atoms with Crippen molar-refractivity contribution in [1.82, 2.24) is 4.98 Å². The highest BCUT2D eigenvalue weighted by Crippen LogP contribution is 2.51. The molecule has 1 aliphatic carbocycles. The largest absolute Gasteiger partial charge is 0.296 e. The molecule has 6 heteroatoms. The van der Waals surface area contributed by atoms with E-state index in [9.17, 15) is 9.59 Å². The van der Waals surface area contributed by atoms with Gasteiger partial charge in [0, 0.05) is 17.4 Å². The maximum absolute atomic E-state index is 12.1. The Hall–Kier alpha value is -2.52. The smallest absolute Gasteiger partial charge is 0.289 e. The fourth-order valence-electron chi connectivity index (χ4n) is 2.84. The highest BCUT2D eigenvalue weighted by Gasteiger charge is 2.59. The summed E-state index contributed by atoms with van der Waals surface area (Å²) in [5.74, 6) is -0.745. The number of amides is 1. The molecular formula is C16H11N3O2S. The van der Waals surface area contributed by atoms with Gasteiger partial charge >= 0.3 is 0 Å². The van der Waals surface area contributed by atoms with Crippen molar-refractivity contribution in [2.75, 3.05) is 4.90 Å². The molecule has 5 nitrogen and oxygen atoms in total. The number of benzene rings is 1. The van der Waals surface area contributed by atoms with Crippen molar-refractivity contribution in [2.24, 2.45) is 0 Å². The van der Waals surface area contributed by atoms with Crippen LogP contribution >= 0.6 is 11.3 Å². The standard InChI is InChI=1S/C16H11N3O2S/c17-8-10-1-3-11(4-2-10)12-9-22-15(18-12)19-14(21)13(20)7-16(19)5-6-16/h1-4,9H,5-7H2. The number of anilines is 1. The van der Waals surface area contributed by atoms with Crippen LogP contribution in [0.1, 0.15) is 24.8 Å². The second kappa shape index (κ2) is 4.49. The van der Waals surface area contributed by atoms with E-state index in [0.717, 1.165) is 24.1 Å². The summed E-state index contributed by atoms with van der Waals surface area (Å²) in [6.07, 6.45) is 2.06. The van der Waals surface area contributed by atoms with E-state index in [1.165, 1.54) is 11.3 Å². The Morgan fingerprint density at radius 3 is 2.59 bits per heavy atom. The molecule has 4 rings (SSSR count). The van der Waals surface area contributed by atoms with Gasteiger partial charge in [0.05, 0.1) is 22.9 Å². The zero-order valence-electron chi connectivity index (χ0n) is 11.6. The van der Waals surface area contributed by atoms with Crippen LogP contribution in [0.15, 0.2) is 29.6 Å². The van der Waals surface area contributed by atoms with Crippen LogP contribution in [0.4, 0.5) is 5.13 Å². The van der Waals surface area contributed by atoms with Gasteiger partial charge in [0.2, 0.25) is 5.78 Å². The van der Waals surface area contributed by atoms with E-state index in [1.54, 1.807) is 17.0 Å². The number of rotatable bonds is 2. The molecule has 0 N–H and O–H groups in total. The van der Waals surface area contributed by atoms with Crippen molar-refractivity contribution in [1.29, 1.82) is 5.26 Å². The minimum absolute atomic E-state index is 0.298. The van der Waals surface area contributed by atoms with Crippen LogP contribution in [-0.4, -0.2) is 22.2 Å². The van der Waals surface area contributed by atoms with Gasteiger partial charge in [0.25, 0.3) is 5.91 Å². The Balaban J connectivity index is 1.68. The maximum Gasteiger partial charge on any atom is 0.296 e. The normalized spacial score (nSPS) is 18.8. The van der Waals surface area contributed by atoms with Crippen LogP contribution < -0.4 is 4.90 Å². The molecule has 1 spiro atoms. The predicted molar refractivity (Wildman–Crippen MR) is 81.3 cm³/mol. The van der Waals surface area contributed by atoms with Gasteiger partial charge < -0.3 is 0 Å². The van der Waals surface area contributed by atoms with Crippen molar-refractivity contribution >= 4 is 28.2 Å². The lowest BCUT2D eigenvalue weighted by atomic mass is 10.1. The van der Waals surface area contributed by atoms with Crippen LogP contribution in [0.25, 0.3) is 11.3 Å². The molecule has 22 heavy (non-hydrogen) atoms. The second-order valence-electron chi connectivity index (χ2n) is 5.67. The molecule has 2 heterocycles. The molecule has 2 aromatic rings. The lowest BCUT2D eigenvalue weighted by molar-refractivity contribution is -0.133. The number of ketones is 1. The first-order valence-electron chi connectivity index (χ1n) is 6.96. The Morgan fingerprint density at radius 1 is 1.23 bits per heavy atom. The fourth-order valence-corrected chi connectivity index (χ4v) is 3.78. The zero-order valence-corrected chi connectivity index (χ0v) is 12.4. The van der Waals surface area contributed by atoms with Crippen LogP contribution in [0.3, 0.4) is 0 Å². The number of Topliss-reactive ketones (excluding diaryl/α,β-unsaturated/α-hetero) is 1. The van der Waals surface area contributed by atoms with Crippen LogP contribution in [0.2, 0.25) is 0 Å². The fraction of sp³-hybridized carbons (Fsp3) is 0.250. The molecule has 0 bridgehead atoms. The minimum atomic E-state index is -0.432. The zero-order chi connectivity index (χ0) is 15.3. The van der Waals surface area contributed by atoms with E-state index in [-0.39, 0.29) is 11.3 Å². The van der Waals surface area contributed by atoms with Crippen LogP contribution in [0.5, 0.6) is 0 Å². The molecule has 1 aromatic heterocycles. The third-order valence-corrected chi connectivity index (χ3v) is 5.05.